The molecule has 0 saturated carbocycles. The van der Waals surface area contributed by atoms with Gasteiger partial charge in [-0.15, -0.1) is 0 Å². The van der Waals surface area contributed by atoms with Gasteiger partial charge in [0.05, 0.1) is 0 Å². The van der Waals surface area contributed by atoms with Gasteiger partial charge in [0.2, 0.25) is 0 Å². The lowest BCUT2D eigenvalue weighted by molar-refractivity contribution is 0.775. The van der Waals surface area contributed by atoms with E-state index in [1.165, 1.54) is 11.1 Å². The lowest BCUT2D eigenvalue weighted by Gasteiger charge is -2.12. The fourth-order valence-corrected chi connectivity index (χ4v) is 1.98. The van der Waals surface area contributed by atoms with Crippen molar-refractivity contribution in [2.24, 2.45) is 0 Å². The first kappa shape index (κ1) is 15.3. The first-order chi connectivity index (χ1) is 10.1. The molecule has 0 aliphatic heterocycles. The van der Waals surface area contributed by atoms with E-state index in [0.29, 0.717) is 5.92 Å². The fourth-order valence-electron chi connectivity index (χ4n) is 1.98. The van der Waals surface area contributed by atoms with Crippen LogP contribution in [0.25, 0.3) is 0 Å². The highest BCUT2D eigenvalue weighted by atomic mass is 15.1. The molecule has 4 heteroatoms. The molecule has 0 fully saturated rings. The van der Waals surface area contributed by atoms with Crippen LogP contribution < -0.4 is 10.6 Å². The zero-order chi connectivity index (χ0) is 15.2. The predicted molar refractivity (Wildman–Crippen MR) is 88.8 cm³/mol. The number of hydrogen-bond donors (Lipinski definition) is 2. The minimum Gasteiger partial charge on any atom is -0.370 e. The maximum absolute atomic E-state index is 4.59. The minimum atomic E-state index is 0.309. The fraction of sp³-hybridized carbons (Fsp3) is 0.412. The number of nitrogens with one attached hydrogen (secondary N) is 2. The Hall–Kier alpha value is -2.10. The molecule has 2 rings (SSSR count). The molecule has 1 aromatic heterocycles. The molecule has 0 saturated heterocycles. The normalized spacial score (nSPS) is 10.7. The van der Waals surface area contributed by atoms with E-state index in [1.807, 2.05) is 6.07 Å². The van der Waals surface area contributed by atoms with Gasteiger partial charge in [-0.1, -0.05) is 43.7 Å². The SMILES string of the molecule is CCNc1cc(NCc2ccc(C)cc2)nc(C(C)C)n1. The van der Waals surface area contributed by atoms with Crippen molar-refractivity contribution in [2.75, 3.05) is 17.2 Å². The number of hydrogen-bond acceptors (Lipinski definition) is 4. The van der Waals surface area contributed by atoms with Gasteiger partial charge >= 0.3 is 0 Å². The lowest BCUT2D eigenvalue weighted by atomic mass is 10.1. The van der Waals surface area contributed by atoms with Crippen LogP contribution in [0.15, 0.2) is 30.3 Å². The van der Waals surface area contributed by atoms with Gasteiger partial charge in [-0.25, -0.2) is 9.97 Å². The number of aryl methyl sites for hydroxylation is 1. The molecule has 2 N–H and O–H groups in total. The summed E-state index contributed by atoms with van der Waals surface area (Å²) in [6.45, 7) is 9.99. The molecule has 4 nitrogen and oxygen atoms in total. The third-order valence-electron chi connectivity index (χ3n) is 3.21. The van der Waals surface area contributed by atoms with E-state index in [0.717, 1.165) is 30.5 Å². The summed E-state index contributed by atoms with van der Waals surface area (Å²) in [5.41, 5.74) is 2.52. The third kappa shape index (κ3) is 4.45. The Morgan fingerprint density at radius 2 is 1.62 bits per heavy atom. The molecule has 0 radical (unpaired) electrons. The Labute approximate surface area is 127 Å². The molecule has 1 aromatic carbocycles. The van der Waals surface area contributed by atoms with E-state index < -0.39 is 0 Å². The summed E-state index contributed by atoms with van der Waals surface area (Å²) in [7, 11) is 0. The molecule has 0 unspecified atom stereocenters. The standard InChI is InChI=1S/C17H24N4/c1-5-18-15-10-16(21-17(20-15)12(2)3)19-11-14-8-6-13(4)7-9-14/h6-10,12H,5,11H2,1-4H3,(H2,18,19,20,21). The predicted octanol–water partition coefficient (Wildman–Crippen LogP) is 3.95. The topological polar surface area (TPSA) is 49.8 Å². The van der Waals surface area contributed by atoms with Crippen LogP contribution in [0.4, 0.5) is 11.6 Å². The molecule has 1 heterocycles. The number of aromatic nitrogens is 2. The Balaban J connectivity index is 2.12. The molecular formula is C17H24N4. The van der Waals surface area contributed by atoms with Gasteiger partial charge in [-0.05, 0) is 19.4 Å². The van der Waals surface area contributed by atoms with Crippen molar-refractivity contribution in [1.29, 1.82) is 0 Å². The van der Waals surface area contributed by atoms with Crippen LogP contribution in [0.2, 0.25) is 0 Å². The second-order valence-electron chi connectivity index (χ2n) is 5.52. The van der Waals surface area contributed by atoms with Crippen LogP contribution in [-0.2, 0) is 6.54 Å². The van der Waals surface area contributed by atoms with Crippen molar-refractivity contribution in [1.82, 2.24) is 9.97 Å². The van der Waals surface area contributed by atoms with E-state index >= 15 is 0 Å². The van der Waals surface area contributed by atoms with E-state index in [4.69, 9.17) is 0 Å². The number of rotatable bonds is 6. The summed E-state index contributed by atoms with van der Waals surface area (Å²) >= 11 is 0. The van der Waals surface area contributed by atoms with Gasteiger partial charge in [0.25, 0.3) is 0 Å². The molecule has 0 aliphatic carbocycles. The van der Waals surface area contributed by atoms with E-state index in [-0.39, 0.29) is 0 Å². The minimum absolute atomic E-state index is 0.309. The highest BCUT2D eigenvalue weighted by Crippen LogP contribution is 2.17. The first-order valence-electron chi connectivity index (χ1n) is 7.50. The van der Waals surface area contributed by atoms with Crippen LogP contribution in [0.5, 0.6) is 0 Å². The highest BCUT2D eigenvalue weighted by Gasteiger charge is 2.07. The Bertz CT molecular complexity index is 576. The smallest absolute Gasteiger partial charge is 0.135 e. The Morgan fingerprint density at radius 1 is 1.00 bits per heavy atom. The van der Waals surface area contributed by atoms with Crippen LogP contribution in [0.1, 0.15) is 43.6 Å². The maximum atomic E-state index is 4.59. The van der Waals surface area contributed by atoms with Crippen LogP contribution >= 0.6 is 0 Å². The maximum Gasteiger partial charge on any atom is 0.135 e. The molecule has 0 atom stereocenters. The van der Waals surface area contributed by atoms with Gasteiger partial charge in [-0.3, -0.25) is 0 Å². The summed E-state index contributed by atoms with van der Waals surface area (Å²) in [5.74, 6) is 2.91. The van der Waals surface area contributed by atoms with Crippen molar-refractivity contribution in [3.05, 3.63) is 47.3 Å². The molecule has 112 valence electrons. The zero-order valence-corrected chi connectivity index (χ0v) is 13.3. The second-order valence-corrected chi connectivity index (χ2v) is 5.52. The van der Waals surface area contributed by atoms with Gasteiger partial charge < -0.3 is 10.6 Å². The van der Waals surface area contributed by atoms with Gasteiger partial charge in [0.1, 0.15) is 17.5 Å². The van der Waals surface area contributed by atoms with Gasteiger partial charge in [0, 0.05) is 25.1 Å². The van der Waals surface area contributed by atoms with Crippen molar-refractivity contribution in [3.8, 4) is 0 Å². The monoisotopic (exact) mass is 284 g/mol. The molecular weight excluding hydrogens is 260 g/mol. The summed E-state index contributed by atoms with van der Waals surface area (Å²) in [4.78, 5) is 9.11. The Kier molecular flexibility index (Phi) is 5.14. The quantitative estimate of drug-likeness (QED) is 0.843. The summed E-state index contributed by atoms with van der Waals surface area (Å²) in [6.07, 6.45) is 0. The van der Waals surface area contributed by atoms with E-state index in [9.17, 15) is 0 Å². The average Bonchev–Trinajstić information content (AvgIpc) is 2.47. The number of benzene rings is 1. The van der Waals surface area contributed by atoms with Crippen molar-refractivity contribution < 1.29 is 0 Å². The molecule has 0 amide bonds. The Morgan fingerprint density at radius 3 is 2.19 bits per heavy atom. The molecule has 0 spiro atoms. The summed E-state index contributed by atoms with van der Waals surface area (Å²) in [5, 5.41) is 6.64. The van der Waals surface area contributed by atoms with Gasteiger partial charge in [-0.2, -0.15) is 0 Å². The average molecular weight is 284 g/mol. The zero-order valence-electron chi connectivity index (χ0n) is 13.3. The molecule has 2 aromatic rings. The number of anilines is 2. The van der Waals surface area contributed by atoms with Crippen LogP contribution in [-0.4, -0.2) is 16.5 Å². The second kappa shape index (κ2) is 7.07. The van der Waals surface area contributed by atoms with Crippen molar-refractivity contribution in [2.45, 2.75) is 40.2 Å². The van der Waals surface area contributed by atoms with E-state index in [1.54, 1.807) is 0 Å². The molecule has 21 heavy (non-hydrogen) atoms. The van der Waals surface area contributed by atoms with Crippen molar-refractivity contribution >= 4 is 11.6 Å². The lowest BCUT2D eigenvalue weighted by Crippen LogP contribution is -2.09. The molecule has 0 aliphatic rings. The summed E-state index contributed by atoms with van der Waals surface area (Å²) in [6, 6.07) is 10.5. The number of nitrogens with zero attached hydrogens (tertiary/aromatic N) is 2. The first-order valence-corrected chi connectivity index (χ1v) is 7.50. The van der Waals surface area contributed by atoms with Gasteiger partial charge in [0.15, 0.2) is 0 Å². The molecule has 0 bridgehead atoms. The highest BCUT2D eigenvalue weighted by molar-refractivity contribution is 5.48. The van der Waals surface area contributed by atoms with Crippen LogP contribution in [0, 0.1) is 6.92 Å². The third-order valence-corrected chi connectivity index (χ3v) is 3.21. The van der Waals surface area contributed by atoms with Crippen molar-refractivity contribution in [3.63, 3.8) is 0 Å². The summed E-state index contributed by atoms with van der Waals surface area (Å²) < 4.78 is 0. The largest absolute Gasteiger partial charge is 0.370 e. The van der Waals surface area contributed by atoms with E-state index in [2.05, 4.69) is 72.6 Å². The van der Waals surface area contributed by atoms with Crippen LogP contribution in [0.3, 0.4) is 0 Å².